The van der Waals surface area contributed by atoms with Crippen molar-refractivity contribution in [1.82, 2.24) is 9.97 Å². The molecule has 2 aromatic heterocycles. The Morgan fingerprint density at radius 2 is 2.06 bits per heavy atom. The topological polar surface area (TPSA) is 111 Å². The number of nitrogens with zero attached hydrogens (tertiary/aromatic N) is 2. The average Bonchev–Trinajstić information content (AvgIpc) is 3.19. The van der Waals surface area contributed by atoms with Crippen molar-refractivity contribution < 1.29 is 17.8 Å². The van der Waals surface area contributed by atoms with Crippen LogP contribution in [0.5, 0.6) is 0 Å². The summed E-state index contributed by atoms with van der Waals surface area (Å²) in [6.07, 6.45) is 3.54. The van der Waals surface area contributed by atoms with Crippen molar-refractivity contribution in [2.75, 3.05) is 17.5 Å². The van der Waals surface area contributed by atoms with Gasteiger partial charge in [0.2, 0.25) is 5.78 Å². The largest absolute Gasteiger partial charge is 0.345 e. The minimum Gasteiger partial charge on any atom is -0.345 e. The summed E-state index contributed by atoms with van der Waals surface area (Å²) >= 11 is 0. The van der Waals surface area contributed by atoms with Gasteiger partial charge in [-0.3, -0.25) is 9.79 Å². The lowest BCUT2D eigenvalue weighted by Gasteiger charge is -2.16. The van der Waals surface area contributed by atoms with Crippen LogP contribution in [0.3, 0.4) is 0 Å². The van der Waals surface area contributed by atoms with Gasteiger partial charge in [0.25, 0.3) is 0 Å². The number of pyridine rings is 1. The predicted octanol–water partition coefficient (Wildman–Crippen LogP) is 4.77. The van der Waals surface area contributed by atoms with Crippen LogP contribution in [0.15, 0.2) is 35.6 Å². The second kappa shape index (κ2) is 10.1. The summed E-state index contributed by atoms with van der Waals surface area (Å²) in [6.45, 7) is 5.27. The monoisotopic (exact) mass is 473 g/mol. The quantitative estimate of drug-likeness (QED) is 0.307. The number of aromatic nitrogens is 2. The molecule has 1 aromatic carbocycles. The number of carbonyl (C=O) groups is 1. The minimum absolute atomic E-state index is 0.0384. The van der Waals surface area contributed by atoms with Gasteiger partial charge in [-0.25, -0.2) is 18.0 Å². The van der Waals surface area contributed by atoms with E-state index in [0.717, 1.165) is 12.1 Å². The highest BCUT2D eigenvalue weighted by Crippen LogP contribution is 2.29. The van der Waals surface area contributed by atoms with Gasteiger partial charge in [0.15, 0.2) is 5.82 Å². The molecular weight excluding hydrogens is 448 g/mol. The fourth-order valence-corrected chi connectivity index (χ4v) is 4.51. The Balaban J connectivity index is 2.10. The van der Waals surface area contributed by atoms with Crippen molar-refractivity contribution in [3.05, 3.63) is 58.9 Å². The molecule has 174 valence electrons. The fraction of sp³-hybridized carbons (Fsp3) is 0.304. The molecule has 0 fully saturated rings. The van der Waals surface area contributed by atoms with E-state index in [1.807, 2.05) is 6.92 Å². The number of carbonyl (C=O) groups excluding carboxylic acids is 1. The Morgan fingerprint density at radius 3 is 2.70 bits per heavy atom. The Morgan fingerprint density at radius 1 is 1.33 bits per heavy atom. The first kappa shape index (κ1) is 24.4. The predicted molar refractivity (Wildman–Crippen MR) is 128 cm³/mol. The standard InChI is InChI=1S/C23H25F2N5O2S/c1-5-8-33(32)30-18-7-6-17(24)20(21(18)25)22(31)16-11-29-23-15(16)9-14(10-28-23)19(12(2)26)13(3)27-4/h6-7,9-11,19,26,30H,5,8H2,1-4H3,(H,28,29). The van der Waals surface area contributed by atoms with Crippen LogP contribution >= 0.6 is 0 Å². The number of aromatic amines is 1. The van der Waals surface area contributed by atoms with Gasteiger partial charge in [-0.1, -0.05) is 6.92 Å². The minimum atomic E-state index is -1.56. The summed E-state index contributed by atoms with van der Waals surface area (Å²) in [5, 5.41) is 8.49. The number of H-pyrrole nitrogens is 1. The van der Waals surface area contributed by atoms with Crippen molar-refractivity contribution >= 4 is 44.9 Å². The first-order valence-electron chi connectivity index (χ1n) is 10.3. The molecule has 0 radical (unpaired) electrons. The summed E-state index contributed by atoms with van der Waals surface area (Å²) in [7, 11) is 0.0695. The summed E-state index contributed by atoms with van der Waals surface area (Å²) < 4.78 is 44.2. The third-order valence-electron chi connectivity index (χ3n) is 5.27. The molecule has 0 aliphatic rings. The van der Waals surface area contributed by atoms with E-state index in [1.165, 1.54) is 6.20 Å². The number of hydrogen-bond acceptors (Lipinski definition) is 5. The third-order valence-corrected chi connectivity index (χ3v) is 6.49. The smallest absolute Gasteiger partial charge is 0.201 e. The molecule has 7 nitrogen and oxygen atoms in total. The summed E-state index contributed by atoms with van der Waals surface area (Å²) in [4.78, 5) is 24.6. The lowest BCUT2D eigenvalue weighted by molar-refractivity contribution is 0.103. The second-order valence-corrected chi connectivity index (χ2v) is 8.92. The average molecular weight is 474 g/mol. The molecule has 0 spiro atoms. The Hall–Kier alpha value is -3.27. The number of nitrogens with one attached hydrogen (secondary N) is 3. The molecule has 3 aromatic rings. The molecule has 2 atom stereocenters. The molecular formula is C23H25F2N5O2S. The molecule has 0 aliphatic carbocycles. The molecule has 0 amide bonds. The number of benzene rings is 1. The molecule has 10 heteroatoms. The van der Waals surface area contributed by atoms with Crippen molar-refractivity contribution in [1.29, 1.82) is 5.41 Å². The van der Waals surface area contributed by atoms with E-state index in [1.54, 1.807) is 33.2 Å². The third kappa shape index (κ3) is 4.90. The highest BCUT2D eigenvalue weighted by molar-refractivity contribution is 7.86. The molecule has 0 bridgehead atoms. The maximum Gasteiger partial charge on any atom is 0.201 e. The van der Waals surface area contributed by atoms with Gasteiger partial charge in [0.1, 0.15) is 22.5 Å². The van der Waals surface area contributed by atoms with Crippen LogP contribution in [0.25, 0.3) is 11.0 Å². The van der Waals surface area contributed by atoms with Gasteiger partial charge < -0.3 is 15.1 Å². The zero-order valence-corrected chi connectivity index (χ0v) is 19.6. The highest BCUT2D eigenvalue weighted by atomic mass is 32.2. The van der Waals surface area contributed by atoms with Crippen LogP contribution in [0.4, 0.5) is 14.5 Å². The van der Waals surface area contributed by atoms with Crippen LogP contribution < -0.4 is 4.72 Å². The normalized spacial score (nSPS) is 13.7. The van der Waals surface area contributed by atoms with Crippen LogP contribution in [0.1, 0.15) is 54.6 Å². The number of hydrogen-bond donors (Lipinski definition) is 3. The Labute approximate surface area is 192 Å². The summed E-state index contributed by atoms with van der Waals surface area (Å²) in [5.41, 5.74) is 1.13. The molecule has 33 heavy (non-hydrogen) atoms. The van der Waals surface area contributed by atoms with Crippen molar-refractivity contribution in [3.63, 3.8) is 0 Å². The highest BCUT2D eigenvalue weighted by Gasteiger charge is 2.26. The van der Waals surface area contributed by atoms with Gasteiger partial charge in [-0.2, -0.15) is 0 Å². The van der Waals surface area contributed by atoms with E-state index in [-0.39, 0.29) is 17.0 Å². The maximum atomic E-state index is 15.1. The van der Waals surface area contributed by atoms with E-state index in [9.17, 15) is 13.4 Å². The second-order valence-electron chi connectivity index (χ2n) is 7.61. The van der Waals surface area contributed by atoms with E-state index in [2.05, 4.69) is 19.7 Å². The van der Waals surface area contributed by atoms with Crippen LogP contribution in [-0.4, -0.2) is 44.2 Å². The SMILES string of the molecule is CCCS(=O)Nc1ccc(F)c(C(=O)c2c[nH]c3ncc(C(C(C)=N)C(C)=NC)cc23)c1F. The van der Waals surface area contributed by atoms with Gasteiger partial charge in [0, 0.05) is 47.6 Å². The first-order valence-corrected chi connectivity index (χ1v) is 11.6. The van der Waals surface area contributed by atoms with Crippen molar-refractivity contribution in [3.8, 4) is 0 Å². The van der Waals surface area contributed by atoms with Crippen molar-refractivity contribution in [2.24, 2.45) is 4.99 Å². The molecule has 2 unspecified atom stereocenters. The fourth-order valence-electron chi connectivity index (χ4n) is 3.63. The van der Waals surface area contributed by atoms with Crippen LogP contribution in [-0.2, 0) is 11.0 Å². The molecule has 0 saturated heterocycles. The zero-order chi connectivity index (χ0) is 24.3. The van der Waals surface area contributed by atoms with E-state index in [4.69, 9.17) is 5.41 Å². The van der Waals surface area contributed by atoms with E-state index >= 15 is 4.39 Å². The number of aliphatic imine (C=N–C) groups is 1. The number of ketones is 1. The van der Waals surface area contributed by atoms with Gasteiger partial charge in [0.05, 0.1) is 17.2 Å². The lowest BCUT2D eigenvalue weighted by Crippen LogP contribution is -2.17. The number of rotatable bonds is 9. The van der Waals surface area contributed by atoms with E-state index in [0.29, 0.717) is 34.4 Å². The Kier molecular flexibility index (Phi) is 7.47. The summed E-state index contributed by atoms with van der Waals surface area (Å²) in [6, 6.07) is 3.77. The summed E-state index contributed by atoms with van der Waals surface area (Å²) in [5.74, 6) is -3.15. The number of anilines is 1. The number of fused-ring (bicyclic) bond motifs is 1. The van der Waals surface area contributed by atoms with Gasteiger partial charge >= 0.3 is 0 Å². The molecule has 3 rings (SSSR count). The molecule has 3 N–H and O–H groups in total. The zero-order valence-electron chi connectivity index (χ0n) is 18.8. The van der Waals surface area contributed by atoms with Gasteiger partial charge in [-0.15, -0.1) is 0 Å². The van der Waals surface area contributed by atoms with Crippen molar-refractivity contribution in [2.45, 2.75) is 33.1 Å². The molecule has 0 saturated carbocycles. The Bertz CT molecular complexity index is 1290. The van der Waals surface area contributed by atoms with Crippen LogP contribution in [0.2, 0.25) is 0 Å². The van der Waals surface area contributed by atoms with Gasteiger partial charge in [-0.05, 0) is 44.0 Å². The molecule has 0 aliphatic heterocycles. The number of halogens is 2. The van der Waals surface area contributed by atoms with E-state index < -0.39 is 39.9 Å². The maximum absolute atomic E-state index is 15.1. The lowest BCUT2D eigenvalue weighted by atomic mass is 9.90. The first-order chi connectivity index (χ1) is 15.7. The molecule has 2 heterocycles. The van der Waals surface area contributed by atoms with Crippen LogP contribution in [0, 0.1) is 17.0 Å².